The maximum absolute atomic E-state index is 11.8. The van der Waals surface area contributed by atoms with Gasteiger partial charge in [0, 0.05) is 5.54 Å². The Bertz CT molecular complexity index is 123. The van der Waals surface area contributed by atoms with Crippen molar-refractivity contribution in [2.45, 2.75) is 32.5 Å². The van der Waals surface area contributed by atoms with Gasteiger partial charge >= 0.3 is 6.18 Å². The average Bonchev–Trinajstić information content (AvgIpc) is 1.56. The third-order valence-corrected chi connectivity index (χ3v) is 1.56. The molecule has 0 aromatic rings. The summed E-state index contributed by atoms with van der Waals surface area (Å²) in [5.74, 6) is 0. The van der Waals surface area contributed by atoms with E-state index in [9.17, 15) is 13.2 Å². The van der Waals surface area contributed by atoms with Gasteiger partial charge in [0.15, 0.2) is 0 Å². The Kier molecular flexibility index (Phi) is 2.94. The van der Waals surface area contributed by atoms with Gasteiger partial charge in [-0.1, -0.05) is 0 Å². The molecule has 0 radical (unpaired) electrons. The van der Waals surface area contributed by atoms with E-state index in [-0.39, 0.29) is 0 Å². The summed E-state index contributed by atoms with van der Waals surface area (Å²) in [6.07, 6.45) is -4.10. The quantitative estimate of drug-likeness (QED) is 0.582. The second kappa shape index (κ2) is 3.01. The van der Waals surface area contributed by atoms with E-state index in [1.165, 1.54) is 11.9 Å². The second-order valence-corrected chi connectivity index (χ2v) is 3.64. The van der Waals surface area contributed by atoms with Gasteiger partial charge in [-0.25, -0.2) is 0 Å². The summed E-state index contributed by atoms with van der Waals surface area (Å²) in [5, 5.41) is 0. The number of hydrogen-bond donors (Lipinski definition) is 0. The van der Waals surface area contributed by atoms with E-state index >= 15 is 0 Å². The summed E-state index contributed by atoms with van der Waals surface area (Å²) >= 11 is 0. The number of nitrogens with zero attached hydrogens (tertiary/aromatic N) is 1. The number of alkyl halides is 3. The van der Waals surface area contributed by atoms with Crippen LogP contribution in [-0.4, -0.2) is 30.2 Å². The molecule has 0 aliphatic carbocycles. The van der Waals surface area contributed by atoms with Gasteiger partial charge in [0.25, 0.3) is 0 Å². The van der Waals surface area contributed by atoms with E-state index in [4.69, 9.17) is 0 Å². The highest BCUT2D eigenvalue weighted by Crippen LogP contribution is 2.20. The summed E-state index contributed by atoms with van der Waals surface area (Å²) in [4.78, 5) is 1.27. The molecule has 0 rings (SSSR count). The van der Waals surface area contributed by atoms with Gasteiger partial charge < -0.3 is 0 Å². The molecule has 4 heteroatoms. The topological polar surface area (TPSA) is 3.24 Å². The fourth-order valence-electron chi connectivity index (χ4n) is 0.506. The Balaban J connectivity index is 3.99. The lowest BCUT2D eigenvalue weighted by molar-refractivity contribution is -0.152. The molecule has 0 bridgehead atoms. The summed E-state index contributed by atoms with van der Waals surface area (Å²) < 4.78 is 35.4. The number of rotatable bonds is 1. The van der Waals surface area contributed by atoms with Gasteiger partial charge in [-0.2, -0.15) is 13.2 Å². The van der Waals surface area contributed by atoms with Crippen LogP contribution >= 0.6 is 0 Å². The minimum Gasteiger partial charge on any atom is -0.293 e. The minimum absolute atomic E-state index is 0.421. The van der Waals surface area contributed by atoms with Crippen molar-refractivity contribution in [3.63, 3.8) is 0 Å². The van der Waals surface area contributed by atoms with Gasteiger partial charge in [0.1, 0.15) is 0 Å². The van der Waals surface area contributed by atoms with E-state index in [0.29, 0.717) is 0 Å². The van der Waals surface area contributed by atoms with Crippen molar-refractivity contribution < 1.29 is 13.2 Å². The first-order valence-electron chi connectivity index (χ1n) is 3.41. The van der Waals surface area contributed by atoms with E-state index < -0.39 is 18.3 Å². The Morgan fingerprint density at radius 1 is 1.09 bits per heavy atom. The van der Waals surface area contributed by atoms with Crippen LogP contribution < -0.4 is 0 Å². The standard InChI is InChI=1S/C7H14F3N/c1-6(2,3)11(4)5-7(8,9)10/h5H2,1-4H3. The molecule has 0 heterocycles. The lowest BCUT2D eigenvalue weighted by Crippen LogP contribution is -2.43. The zero-order chi connectivity index (χ0) is 9.28. The van der Waals surface area contributed by atoms with Crippen LogP contribution in [0.4, 0.5) is 13.2 Å². The highest BCUT2D eigenvalue weighted by atomic mass is 19.4. The molecule has 0 aliphatic heterocycles. The van der Waals surface area contributed by atoms with E-state index in [0.717, 1.165) is 0 Å². The molecule has 68 valence electrons. The molecule has 0 aromatic carbocycles. The third-order valence-electron chi connectivity index (χ3n) is 1.56. The molecule has 1 nitrogen and oxygen atoms in total. The number of halogens is 3. The highest BCUT2D eigenvalue weighted by molar-refractivity contribution is 4.74. The molecule has 0 saturated heterocycles. The van der Waals surface area contributed by atoms with Crippen molar-refractivity contribution in [3.05, 3.63) is 0 Å². The first kappa shape index (κ1) is 10.8. The molecule has 0 aliphatic rings. The normalized spacial score (nSPS) is 14.2. The van der Waals surface area contributed by atoms with Gasteiger partial charge in [0.05, 0.1) is 6.54 Å². The Labute approximate surface area is 65.2 Å². The van der Waals surface area contributed by atoms with E-state index in [1.807, 2.05) is 0 Å². The molecule has 0 aromatic heterocycles. The monoisotopic (exact) mass is 169 g/mol. The molecular formula is C7H14F3N. The van der Waals surface area contributed by atoms with Gasteiger partial charge in [-0.05, 0) is 27.8 Å². The zero-order valence-corrected chi connectivity index (χ0v) is 7.29. The maximum atomic E-state index is 11.8. The first-order chi connectivity index (χ1) is 4.63. The molecule has 11 heavy (non-hydrogen) atoms. The van der Waals surface area contributed by atoms with E-state index in [1.54, 1.807) is 20.8 Å². The van der Waals surface area contributed by atoms with Crippen molar-refractivity contribution in [2.75, 3.05) is 13.6 Å². The molecule has 0 saturated carbocycles. The predicted octanol–water partition coefficient (Wildman–Crippen LogP) is 2.28. The van der Waals surface area contributed by atoms with Gasteiger partial charge in [-0.3, -0.25) is 4.90 Å². The van der Waals surface area contributed by atoms with Crippen LogP contribution in [0.1, 0.15) is 20.8 Å². The molecule has 0 N–H and O–H groups in total. The van der Waals surface area contributed by atoms with Crippen molar-refractivity contribution in [1.29, 1.82) is 0 Å². The fraction of sp³-hybridized carbons (Fsp3) is 1.00. The summed E-state index contributed by atoms with van der Waals surface area (Å²) in [6.45, 7) is 4.40. The fourth-order valence-corrected chi connectivity index (χ4v) is 0.506. The van der Waals surface area contributed by atoms with Crippen LogP contribution in [0.15, 0.2) is 0 Å². The van der Waals surface area contributed by atoms with Crippen LogP contribution in [0.2, 0.25) is 0 Å². The largest absolute Gasteiger partial charge is 0.401 e. The maximum Gasteiger partial charge on any atom is 0.401 e. The second-order valence-electron chi connectivity index (χ2n) is 3.64. The molecule has 0 unspecified atom stereocenters. The lowest BCUT2D eigenvalue weighted by atomic mass is 10.1. The Morgan fingerprint density at radius 3 is 1.55 bits per heavy atom. The Hall–Kier alpha value is -0.250. The Morgan fingerprint density at radius 2 is 1.45 bits per heavy atom. The van der Waals surface area contributed by atoms with Crippen LogP contribution in [-0.2, 0) is 0 Å². The highest BCUT2D eigenvalue weighted by Gasteiger charge is 2.32. The minimum atomic E-state index is -4.10. The third kappa shape index (κ3) is 5.07. The van der Waals surface area contributed by atoms with Crippen LogP contribution in [0, 0.1) is 0 Å². The van der Waals surface area contributed by atoms with Crippen molar-refractivity contribution >= 4 is 0 Å². The molecule has 0 fully saturated rings. The first-order valence-corrected chi connectivity index (χ1v) is 3.41. The summed E-state index contributed by atoms with van der Waals surface area (Å²) in [5.41, 5.74) is -0.421. The van der Waals surface area contributed by atoms with Crippen molar-refractivity contribution in [2.24, 2.45) is 0 Å². The lowest BCUT2D eigenvalue weighted by Gasteiger charge is -2.32. The molecule has 0 amide bonds. The van der Waals surface area contributed by atoms with Crippen LogP contribution in [0.3, 0.4) is 0 Å². The van der Waals surface area contributed by atoms with Crippen LogP contribution in [0.25, 0.3) is 0 Å². The number of hydrogen-bond acceptors (Lipinski definition) is 1. The molecule has 0 atom stereocenters. The van der Waals surface area contributed by atoms with Crippen LogP contribution in [0.5, 0.6) is 0 Å². The van der Waals surface area contributed by atoms with Crippen molar-refractivity contribution in [1.82, 2.24) is 4.90 Å². The zero-order valence-electron chi connectivity index (χ0n) is 7.29. The van der Waals surface area contributed by atoms with Gasteiger partial charge in [-0.15, -0.1) is 0 Å². The summed E-state index contributed by atoms with van der Waals surface area (Å²) in [7, 11) is 1.47. The SMILES string of the molecule is CN(CC(F)(F)F)C(C)(C)C. The molecular weight excluding hydrogens is 155 g/mol. The van der Waals surface area contributed by atoms with Gasteiger partial charge in [0.2, 0.25) is 0 Å². The smallest absolute Gasteiger partial charge is 0.293 e. The van der Waals surface area contributed by atoms with Crippen molar-refractivity contribution in [3.8, 4) is 0 Å². The summed E-state index contributed by atoms with van der Waals surface area (Å²) in [6, 6.07) is 0. The van der Waals surface area contributed by atoms with E-state index in [2.05, 4.69) is 0 Å². The molecule has 0 spiro atoms. The predicted molar refractivity (Wildman–Crippen MR) is 38.4 cm³/mol. The average molecular weight is 169 g/mol.